The molecule has 160 valence electrons. The average Bonchev–Trinajstić information content (AvgIpc) is 2.83. The quantitative estimate of drug-likeness (QED) is 0.490. The average molecular weight is 413 g/mol. The highest BCUT2D eigenvalue weighted by atomic mass is 16.5. The van der Waals surface area contributed by atoms with Crippen LogP contribution in [0.3, 0.4) is 0 Å². The third-order valence-electron chi connectivity index (χ3n) is 6.06. The molecule has 0 spiro atoms. The van der Waals surface area contributed by atoms with Crippen molar-refractivity contribution in [1.29, 1.82) is 0 Å². The van der Waals surface area contributed by atoms with Crippen LogP contribution in [-0.4, -0.2) is 56.2 Å². The van der Waals surface area contributed by atoms with E-state index in [0.717, 1.165) is 45.1 Å². The first-order valence-electron chi connectivity index (χ1n) is 11.2. The Labute approximate surface area is 186 Å². The molecule has 1 saturated heterocycles. The Balaban J connectivity index is 1.49. The molecule has 3 aromatic rings. The van der Waals surface area contributed by atoms with Crippen molar-refractivity contribution in [3.63, 3.8) is 0 Å². The summed E-state index contributed by atoms with van der Waals surface area (Å²) in [6.07, 6.45) is 0. The molecule has 0 aliphatic carbocycles. The third-order valence-corrected chi connectivity index (χ3v) is 6.06. The van der Waals surface area contributed by atoms with Crippen LogP contribution in [0, 0.1) is 0 Å². The first-order valence-corrected chi connectivity index (χ1v) is 11.2. The fraction of sp³-hybridized carbons (Fsp3) is 0.286. The van der Waals surface area contributed by atoms with Gasteiger partial charge in [0.15, 0.2) is 0 Å². The molecule has 1 aliphatic heterocycles. The molecule has 0 unspecified atom stereocenters. The van der Waals surface area contributed by atoms with Gasteiger partial charge in [-0.15, -0.1) is 0 Å². The SMILES string of the molecule is C/C(=C(\c1ccccc1)c1ccc(OCCN2CCN(C)CC2)cc1)c1ccccc1. The van der Waals surface area contributed by atoms with E-state index in [1.54, 1.807) is 0 Å². The number of hydrogen-bond acceptors (Lipinski definition) is 3. The lowest BCUT2D eigenvalue weighted by molar-refractivity contribution is 0.134. The predicted molar refractivity (Wildman–Crippen MR) is 130 cm³/mol. The van der Waals surface area contributed by atoms with Crippen LogP contribution in [0.25, 0.3) is 11.1 Å². The molecule has 31 heavy (non-hydrogen) atoms. The smallest absolute Gasteiger partial charge is 0.119 e. The monoisotopic (exact) mass is 412 g/mol. The van der Waals surface area contributed by atoms with Gasteiger partial charge in [0.25, 0.3) is 0 Å². The van der Waals surface area contributed by atoms with Crippen molar-refractivity contribution in [2.45, 2.75) is 6.92 Å². The fourth-order valence-corrected chi connectivity index (χ4v) is 4.12. The van der Waals surface area contributed by atoms with E-state index in [9.17, 15) is 0 Å². The van der Waals surface area contributed by atoms with Gasteiger partial charge in [-0.3, -0.25) is 4.90 Å². The Morgan fingerprint density at radius 2 is 1.26 bits per heavy atom. The Kier molecular flexibility index (Phi) is 7.18. The number of allylic oxidation sites excluding steroid dienone is 1. The van der Waals surface area contributed by atoms with E-state index in [2.05, 4.69) is 109 Å². The molecule has 3 aromatic carbocycles. The van der Waals surface area contributed by atoms with Gasteiger partial charge in [-0.2, -0.15) is 0 Å². The van der Waals surface area contributed by atoms with Crippen molar-refractivity contribution in [3.8, 4) is 5.75 Å². The minimum atomic E-state index is 0.730. The van der Waals surface area contributed by atoms with E-state index in [1.165, 1.54) is 27.8 Å². The van der Waals surface area contributed by atoms with Crippen LogP contribution in [-0.2, 0) is 0 Å². The van der Waals surface area contributed by atoms with Gasteiger partial charge in [-0.05, 0) is 53.9 Å². The number of likely N-dealkylation sites (N-methyl/N-ethyl adjacent to an activating group) is 1. The molecule has 0 radical (unpaired) electrons. The zero-order valence-corrected chi connectivity index (χ0v) is 18.6. The number of piperazine rings is 1. The van der Waals surface area contributed by atoms with Crippen molar-refractivity contribution in [2.75, 3.05) is 46.4 Å². The predicted octanol–water partition coefficient (Wildman–Crippen LogP) is 5.29. The summed E-state index contributed by atoms with van der Waals surface area (Å²) in [4.78, 5) is 4.86. The van der Waals surface area contributed by atoms with E-state index in [4.69, 9.17) is 4.74 Å². The maximum atomic E-state index is 6.05. The number of nitrogens with zero attached hydrogens (tertiary/aromatic N) is 2. The molecule has 0 amide bonds. The molecular formula is C28H32N2O. The molecule has 0 N–H and O–H groups in total. The van der Waals surface area contributed by atoms with Crippen LogP contribution >= 0.6 is 0 Å². The summed E-state index contributed by atoms with van der Waals surface area (Å²) in [6.45, 7) is 8.46. The Bertz CT molecular complexity index is 973. The summed E-state index contributed by atoms with van der Waals surface area (Å²) >= 11 is 0. The van der Waals surface area contributed by atoms with Gasteiger partial charge in [0.2, 0.25) is 0 Å². The number of ether oxygens (including phenoxy) is 1. The zero-order valence-electron chi connectivity index (χ0n) is 18.6. The molecular weight excluding hydrogens is 380 g/mol. The second kappa shape index (κ2) is 10.4. The largest absolute Gasteiger partial charge is 0.492 e. The number of rotatable bonds is 7. The lowest BCUT2D eigenvalue weighted by Gasteiger charge is -2.32. The Morgan fingerprint density at radius 3 is 1.87 bits per heavy atom. The van der Waals surface area contributed by atoms with Crippen LogP contribution in [0.1, 0.15) is 23.6 Å². The van der Waals surface area contributed by atoms with Crippen molar-refractivity contribution in [3.05, 3.63) is 102 Å². The normalized spacial score (nSPS) is 16.1. The first-order chi connectivity index (χ1) is 15.2. The van der Waals surface area contributed by atoms with Gasteiger partial charge in [0.1, 0.15) is 12.4 Å². The minimum absolute atomic E-state index is 0.730. The van der Waals surface area contributed by atoms with Gasteiger partial charge < -0.3 is 9.64 Å². The summed E-state index contributed by atoms with van der Waals surface area (Å²) in [6, 6.07) is 29.8. The first kappa shape index (κ1) is 21.4. The number of benzene rings is 3. The van der Waals surface area contributed by atoms with Crippen molar-refractivity contribution >= 4 is 11.1 Å². The summed E-state index contributed by atoms with van der Waals surface area (Å²) < 4.78 is 6.05. The third kappa shape index (κ3) is 5.63. The molecule has 1 heterocycles. The van der Waals surface area contributed by atoms with E-state index in [-0.39, 0.29) is 0 Å². The van der Waals surface area contributed by atoms with Crippen molar-refractivity contribution in [2.24, 2.45) is 0 Å². The van der Waals surface area contributed by atoms with Crippen molar-refractivity contribution < 1.29 is 4.74 Å². The molecule has 4 rings (SSSR count). The van der Waals surface area contributed by atoms with Crippen molar-refractivity contribution in [1.82, 2.24) is 9.80 Å². The van der Waals surface area contributed by atoms with E-state index in [0.29, 0.717) is 0 Å². The maximum absolute atomic E-state index is 6.05. The summed E-state index contributed by atoms with van der Waals surface area (Å²) in [5.74, 6) is 0.933. The molecule has 0 aromatic heterocycles. The van der Waals surface area contributed by atoms with Crippen LogP contribution in [0.5, 0.6) is 5.75 Å². The van der Waals surface area contributed by atoms with Gasteiger partial charge in [-0.25, -0.2) is 0 Å². The highest BCUT2D eigenvalue weighted by molar-refractivity contribution is 5.97. The molecule has 0 bridgehead atoms. The van der Waals surface area contributed by atoms with Crippen LogP contribution < -0.4 is 4.74 Å². The summed E-state index contributed by atoms with van der Waals surface area (Å²) in [5, 5.41) is 0. The van der Waals surface area contributed by atoms with Crippen LogP contribution in [0.2, 0.25) is 0 Å². The fourth-order valence-electron chi connectivity index (χ4n) is 4.12. The van der Waals surface area contributed by atoms with Crippen LogP contribution in [0.15, 0.2) is 84.9 Å². The Morgan fingerprint density at radius 1 is 0.710 bits per heavy atom. The molecule has 0 atom stereocenters. The lowest BCUT2D eigenvalue weighted by Crippen LogP contribution is -2.45. The molecule has 1 aliphatic rings. The Hall–Kier alpha value is -2.88. The minimum Gasteiger partial charge on any atom is -0.492 e. The number of hydrogen-bond donors (Lipinski definition) is 0. The van der Waals surface area contributed by atoms with E-state index >= 15 is 0 Å². The van der Waals surface area contributed by atoms with Gasteiger partial charge >= 0.3 is 0 Å². The highest BCUT2D eigenvalue weighted by Gasteiger charge is 2.14. The van der Waals surface area contributed by atoms with E-state index in [1.807, 2.05) is 0 Å². The zero-order chi connectivity index (χ0) is 21.5. The van der Waals surface area contributed by atoms with Gasteiger partial charge in [-0.1, -0.05) is 72.8 Å². The highest BCUT2D eigenvalue weighted by Crippen LogP contribution is 2.32. The van der Waals surface area contributed by atoms with Gasteiger partial charge in [0, 0.05) is 32.7 Å². The second-order valence-electron chi connectivity index (χ2n) is 8.25. The molecule has 3 heteroatoms. The second-order valence-corrected chi connectivity index (χ2v) is 8.25. The van der Waals surface area contributed by atoms with Gasteiger partial charge in [0.05, 0.1) is 0 Å². The lowest BCUT2D eigenvalue weighted by atomic mass is 9.90. The standard InChI is InChI=1S/C28H32N2O/c1-23(24-9-5-3-6-10-24)28(25-11-7-4-8-12-25)26-13-15-27(16-14-26)31-22-21-30-19-17-29(2)18-20-30/h3-16H,17-22H2,1-2H3/b28-23-. The van der Waals surface area contributed by atoms with Crippen LogP contribution in [0.4, 0.5) is 0 Å². The maximum Gasteiger partial charge on any atom is 0.119 e. The molecule has 0 saturated carbocycles. The summed E-state index contributed by atoms with van der Waals surface area (Å²) in [7, 11) is 2.19. The molecule has 1 fully saturated rings. The topological polar surface area (TPSA) is 15.7 Å². The summed E-state index contributed by atoms with van der Waals surface area (Å²) in [5.41, 5.74) is 6.21. The molecule has 3 nitrogen and oxygen atoms in total. The van der Waals surface area contributed by atoms with E-state index < -0.39 is 0 Å².